The summed E-state index contributed by atoms with van der Waals surface area (Å²) in [7, 11) is 0. The average molecular weight is 453 g/mol. The van der Waals surface area contributed by atoms with Crippen molar-refractivity contribution in [3.63, 3.8) is 0 Å². The molecule has 1 aliphatic heterocycles. The molecule has 174 valence electrons. The average Bonchev–Trinajstić information content (AvgIpc) is 3.38. The van der Waals surface area contributed by atoms with E-state index >= 15 is 0 Å². The van der Waals surface area contributed by atoms with Crippen LogP contribution in [0.15, 0.2) is 84.9 Å². The molecule has 2 aliphatic rings. The van der Waals surface area contributed by atoms with Gasteiger partial charge in [-0.1, -0.05) is 67.6 Å². The predicted octanol–water partition coefficient (Wildman–Crippen LogP) is 6.62. The molecule has 3 aromatic carbocycles. The van der Waals surface area contributed by atoms with Gasteiger partial charge in [0.2, 0.25) is 0 Å². The summed E-state index contributed by atoms with van der Waals surface area (Å²) in [4.78, 5) is 12.7. The Morgan fingerprint density at radius 1 is 1.06 bits per heavy atom. The summed E-state index contributed by atoms with van der Waals surface area (Å²) in [6.45, 7) is 4.66. The number of hydrogen-bond acceptors (Lipinski definition) is 3. The molecule has 3 aromatic rings. The van der Waals surface area contributed by atoms with Crippen molar-refractivity contribution in [2.45, 2.75) is 51.3 Å². The molecule has 0 saturated carbocycles. The van der Waals surface area contributed by atoms with Crippen LogP contribution in [0.1, 0.15) is 65.7 Å². The van der Waals surface area contributed by atoms with E-state index in [1.165, 1.54) is 11.1 Å². The molecule has 0 bridgehead atoms. The number of para-hydroxylation sites is 1. The minimum Gasteiger partial charge on any atom is -0.489 e. The SMILES string of the molecule is CCC(C)NC(=O)c1ccc2c(c1)C1C=CCC1C(c1ccccc1OCc1ccccc1)N2. The number of rotatable bonds is 7. The summed E-state index contributed by atoms with van der Waals surface area (Å²) in [6.07, 6.45) is 6.50. The number of anilines is 1. The van der Waals surface area contributed by atoms with E-state index in [9.17, 15) is 4.79 Å². The van der Waals surface area contributed by atoms with Crippen LogP contribution in [0.5, 0.6) is 5.75 Å². The van der Waals surface area contributed by atoms with E-state index in [-0.39, 0.29) is 23.9 Å². The van der Waals surface area contributed by atoms with Crippen LogP contribution >= 0.6 is 0 Å². The molecule has 1 amide bonds. The Kier molecular flexibility index (Phi) is 6.39. The topological polar surface area (TPSA) is 50.4 Å². The first-order valence-corrected chi connectivity index (χ1v) is 12.3. The Balaban J connectivity index is 1.42. The summed E-state index contributed by atoms with van der Waals surface area (Å²) in [5.74, 6) is 1.57. The summed E-state index contributed by atoms with van der Waals surface area (Å²) in [5, 5.41) is 6.88. The maximum atomic E-state index is 12.7. The van der Waals surface area contributed by atoms with E-state index < -0.39 is 0 Å². The molecule has 2 N–H and O–H groups in total. The minimum atomic E-state index is -0.00235. The number of allylic oxidation sites excluding steroid dienone is 2. The highest BCUT2D eigenvalue weighted by Gasteiger charge is 2.39. The Labute approximate surface area is 202 Å². The molecule has 0 fully saturated rings. The number of amides is 1. The van der Waals surface area contributed by atoms with Gasteiger partial charge in [0, 0.05) is 28.8 Å². The Hall–Kier alpha value is -3.53. The highest BCUT2D eigenvalue weighted by molar-refractivity contribution is 5.95. The summed E-state index contributed by atoms with van der Waals surface area (Å²) >= 11 is 0. The Morgan fingerprint density at radius 3 is 2.68 bits per heavy atom. The Morgan fingerprint density at radius 2 is 1.85 bits per heavy atom. The molecular weight excluding hydrogens is 420 g/mol. The summed E-state index contributed by atoms with van der Waals surface area (Å²) in [5.41, 5.74) is 5.36. The predicted molar refractivity (Wildman–Crippen MR) is 137 cm³/mol. The maximum absolute atomic E-state index is 12.7. The zero-order valence-electron chi connectivity index (χ0n) is 19.8. The molecule has 4 unspecified atom stereocenters. The van der Waals surface area contributed by atoms with Crippen molar-refractivity contribution in [3.8, 4) is 5.75 Å². The van der Waals surface area contributed by atoms with E-state index in [0.717, 1.165) is 35.4 Å². The highest BCUT2D eigenvalue weighted by atomic mass is 16.5. The number of ether oxygens (including phenoxy) is 1. The molecular formula is C30H32N2O2. The number of fused-ring (bicyclic) bond motifs is 3. The molecule has 4 heteroatoms. The second-order valence-electron chi connectivity index (χ2n) is 9.37. The van der Waals surface area contributed by atoms with Crippen molar-refractivity contribution in [2.24, 2.45) is 5.92 Å². The lowest BCUT2D eigenvalue weighted by Crippen LogP contribution is -2.33. The molecule has 0 saturated heterocycles. The number of carbonyl (C=O) groups is 1. The molecule has 4 atom stereocenters. The van der Waals surface area contributed by atoms with Gasteiger partial charge in [0.05, 0.1) is 6.04 Å². The third kappa shape index (κ3) is 4.45. The van der Waals surface area contributed by atoms with Crippen LogP contribution in [0.25, 0.3) is 0 Å². The molecule has 0 aromatic heterocycles. The zero-order chi connectivity index (χ0) is 23.5. The summed E-state index contributed by atoms with van der Waals surface area (Å²) < 4.78 is 6.30. The van der Waals surface area contributed by atoms with Crippen LogP contribution in [-0.2, 0) is 6.61 Å². The van der Waals surface area contributed by atoms with Crippen LogP contribution in [-0.4, -0.2) is 11.9 Å². The van der Waals surface area contributed by atoms with Crippen molar-refractivity contribution in [1.82, 2.24) is 5.32 Å². The number of carbonyl (C=O) groups excluding carboxylic acids is 1. The van der Waals surface area contributed by atoms with Crippen LogP contribution < -0.4 is 15.4 Å². The van der Waals surface area contributed by atoms with E-state index in [4.69, 9.17) is 4.74 Å². The fourth-order valence-corrected chi connectivity index (χ4v) is 5.06. The van der Waals surface area contributed by atoms with Crippen molar-refractivity contribution < 1.29 is 9.53 Å². The fraction of sp³-hybridized carbons (Fsp3) is 0.300. The normalized spacial score (nSPS) is 21.2. The van der Waals surface area contributed by atoms with Gasteiger partial charge in [-0.05, 0) is 61.1 Å². The van der Waals surface area contributed by atoms with Gasteiger partial charge in [0.15, 0.2) is 0 Å². The lowest BCUT2D eigenvalue weighted by molar-refractivity contribution is 0.0939. The number of nitrogens with one attached hydrogen (secondary N) is 2. The third-order valence-electron chi connectivity index (χ3n) is 7.11. The molecule has 1 heterocycles. The maximum Gasteiger partial charge on any atom is 0.251 e. The fourth-order valence-electron chi connectivity index (χ4n) is 5.06. The molecule has 34 heavy (non-hydrogen) atoms. The standard InChI is InChI=1S/C30H32N2O2/c1-3-20(2)31-30(33)22-16-17-27-26(18-22)23-13-9-14-24(23)29(32-27)25-12-7-8-15-28(25)34-19-21-10-5-4-6-11-21/h4-13,15-18,20,23-24,29,32H,3,14,19H2,1-2H3,(H,31,33). The van der Waals surface area contributed by atoms with Crippen molar-refractivity contribution in [1.29, 1.82) is 0 Å². The second-order valence-corrected chi connectivity index (χ2v) is 9.37. The van der Waals surface area contributed by atoms with Crippen molar-refractivity contribution in [3.05, 3.63) is 107 Å². The minimum absolute atomic E-state index is 0.00235. The quantitative estimate of drug-likeness (QED) is 0.396. The first kappa shape index (κ1) is 22.3. The van der Waals surface area contributed by atoms with Gasteiger partial charge in [-0.2, -0.15) is 0 Å². The van der Waals surface area contributed by atoms with E-state index in [1.54, 1.807) is 0 Å². The van der Waals surface area contributed by atoms with Gasteiger partial charge < -0.3 is 15.4 Å². The highest BCUT2D eigenvalue weighted by Crippen LogP contribution is 2.51. The smallest absolute Gasteiger partial charge is 0.251 e. The van der Waals surface area contributed by atoms with Crippen LogP contribution in [0.3, 0.4) is 0 Å². The van der Waals surface area contributed by atoms with Crippen molar-refractivity contribution in [2.75, 3.05) is 5.32 Å². The third-order valence-corrected chi connectivity index (χ3v) is 7.11. The first-order valence-electron chi connectivity index (χ1n) is 12.3. The molecule has 0 radical (unpaired) electrons. The molecule has 5 rings (SSSR count). The van der Waals surface area contributed by atoms with E-state index in [0.29, 0.717) is 12.5 Å². The van der Waals surface area contributed by atoms with E-state index in [2.05, 4.69) is 72.2 Å². The van der Waals surface area contributed by atoms with Gasteiger partial charge in [-0.15, -0.1) is 0 Å². The summed E-state index contributed by atoms with van der Waals surface area (Å²) in [6, 6.07) is 25.0. The van der Waals surface area contributed by atoms with Crippen LogP contribution in [0.2, 0.25) is 0 Å². The van der Waals surface area contributed by atoms with Crippen LogP contribution in [0.4, 0.5) is 5.69 Å². The second kappa shape index (κ2) is 9.76. The zero-order valence-corrected chi connectivity index (χ0v) is 19.8. The van der Waals surface area contributed by atoms with Gasteiger partial charge >= 0.3 is 0 Å². The number of hydrogen-bond donors (Lipinski definition) is 2. The lowest BCUT2D eigenvalue weighted by atomic mass is 9.76. The number of benzene rings is 3. The van der Waals surface area contributed by atoms with Crippen molar-refractivity contribution >= 4 is 11.6 Å². The monoisotopic (exact) mass is 452 g/mol. The molecule has 0 spiro atoms. The van der Waals surface area contributed by atoms with Gasteiger partial charge in [0.1, 0.15) is 12.4 Å². The first-order chi connectivity index (χ1) is 16.6. The Bertz CT molecular complexity index is 1190. The molecule has 1 aliphatic carbocycles. The largest absolute Gasteiger partial charge is 0.489 e. The van der Waals surface area contributed by atoms with Gasteiger partial charge in [-0.25, -0.2) is 0 Å². The lowest BCUT2D eigenvalue weighted by Gasteiger charge is -2.38. The van der Waals surface area contributed by atoms with Gasteiger partial charge in [0.25, 0.3) is 5.91 Å². The molecule has 4 nitrogen and oxygen atoms in total. The van der Waals surface area contributed by atoms with Gasteiger partial charge in [-0.3, -0.25) is 4.79 Å². The van der Waals surface area contributed by atoms with Crippen LogP contribution in [0, 0.1) is 5.92 Å². The van der Waals surface area contributed by atoms with E-state index in [1.807, 2.05) is 37.3 Å².